The normalized spacial score (nSPS) is 16.1. The molecule has 0 radical (unpaired) electrons. The van der Waals surface area contributed by atoms with Gasteiger partial charge in [0.1, 0.15) is 34.9 Å². The van der Waals surface area contributed by atoms with Crippen molar-refractivity contribution in [1.29, 1.82) is 0 Å². The largest absolute Gasteiger partial charge is 0.480 e. The van der Waals surface area contributed by atoms with Crippen LogP contribution in [0.4, 0.5) is 27.6 Å². The lowest BCUT2D eigenvalue weighted by atomic mass is 10.00. The number of fused-ring (bicyclic) bond motifs is 1. The van der Waals surface area contributed by atoms with Crippen LogP contribution in [0, 0.1) is 18.6 Å². The minimum absolute atomic E-state index is 0.0895. The Morgan fingerprint density at radius 2 is 1.76 bits per heavy atom. The van der Waals surface area contributed by atoms with Gasteiger partial charge in [0.05, 0.1) is 5.56 Å². The van der Waals surface area contributed by atoms with Crippen LogP contribution in [0.2, 0.25) is 0 Å². The number of carbonyl (C=O) groups excluding carboxylic acids is 1. The van der Waals surface area contributed by atoms with Gasteiger partial charge < -0.3 is 24.3 Å². The van der Waals surface area contributed by atoms with E-state index in [1.165, 1.54) is 47.6 Å². The van der Waals surface area contributed by atoms with E-state index in [9.17, 15) is 37.5 Å². The number of nitrogens with one attached hydrogen (secondary N) is 1. The quantitative estimate of drug-likeness (QED) is 0.294. The van der Waals surface area contributed by atoms with E-state index in [0.29, 0.717) is 41.9 Å². The molecule has 4 aromatic rings. The van der Waals surface area contributed by atoms with E-state index >= 15 is 8.78 Å². The lowest BCUT2D eigenvalue weighted by Crippen LogP contribution is -2.49. The molecule has 46 heavy (non-hydrogen) atoms. The number of benzene rings is 1. The number of nitrogens with zero attached hydrogens (tertiary/aromatic N) is 5. The van der Waals surface area contributed by atoms with Gasteiger partial charge in [-0.25, -0.2) is 23.4 Å². The summed E-state index contributed by atoms with van der Waals surface area (Å²) in [4.78, 5) is 55.7. The van der Waals surface area contributed by atoms with Gasteiger partial charge in [0.15, 0.2) is 0 Å². The number of imidazole rings is 1. The van der Waals surface area contributed by atoms with Crippen LogP contribution in [0.15, 0.2) is 46.2 Å². The Hall–Kier alpha value is -5.02. The summed E-state index contributed by atoms with van der Waals surface area (Å²) in [5, 5.41) is 12.0. The monoisotopic (exact) mass is 648 g/mol. The maximum absolute atomic E-state index is 15.1. The average molecular weight is 649 g/mol. The molecule has 0 spiro atoms. The maximum atomic E-state index is 15.1. The summed E-state index contributed by atoms with van der Waals surface area (Å²) in [6, 6.07) is 0.630. The zero-order valence-electron chi connectivity index (χ0n) is 24.9. The highest BCUT2D eigenvalue weighted by Crippen LogP contribution is 2.36. The predicted octanol–water partition coefficient (Wildman–Crippen LogP) is 3.33. The number of halogens is 5. The molecule has 3 aromatic heterocycles. The summed E-state index contributed by atoms with van der Waals surface area (Å²) < 4.78 is 74.7. The van der Waals surface area contributed by atoms with Crippen LogP contribution >= 0.6 is 0 Å². The summed E-state index contributed by atoms with van der Waals surface area (Å²) in [5.74, 6) is -5.84. The van der Waals surface area contributed by atoms with Crippen LogP contribution in [0.5, 0.6) is 0 Å². The molecule has 4 heterocycles. The van der Waals surface area contributed by atoms with Crippen LogP contribution in [0.3, 0.4) is 0 Å². The van der Waals surface area contributed by atoms with Gasteiger partial charge in [0.2, 0.25) is 0 Å². The fourth-order valence-electron chi connectivity index (χ4n) is 5.85. The van der Waals surface area contributed by atoms with Crippen LogP contribution in [-0.4, -0.2) is 60.3 Å². The van der Waals surface area contributed by atoms with Gasteiger partial charge >= 0.3 is 17.8 Å². The van der Waals surface area contributed by atoms with Gasteiger partial charge in [-0.1, -0.05) is 0 Å². The highest BCUT2D eigenvalue weighted by molar-refractivity contribution is 5.97. The van der Waals surface area contributed by atoms with Gasteiger partial charge in [-0.05, 0) is 50.5 Å². The Morgan fingerprint density at radius 3 is 2.39 bits per heavy atom. The van der Waals surface area contributed by atoms with Crippen LogP contribution in [0.25, 0.3) is 16.8 Å². The molecule has 1 saturated heterocycles. The zero-order valence-corrected chi connectivity index (χ0v) is 24.9. The third-order valence-electron chi connectivity index (χ3n) is 8.34. The molecule has 11 nitrogen and oxygen atoms in total. The number of anilines is 1. The molecule has 16 heteroatoms. The molecular formula is C30H29F5N6O5. The molecule has 0 bridgehead atoms. The summed E-state index contributed by atoms with van der Waals surface area (Å²) in [6.07, 6.45) is -1.71. The second-order valence-electron chi connectivity index (χ2n) is 11.1. The average Bonchev–Trinajstić information content (AvgIpc) is 3.49. The molecule has 5 rings (SSSR count). The minimum Gasteiger partial charge on any atom is -0.480 e. The number of aromatic nitrogens is 4. The van der Waals surface area contributed by atoms with Gasteiger partial charge in [0, 0.05) is 62.1 Å². The molecule has 1 fully saturated rings. The van der Waals surface area contributed by atoms with E-state index in [0.717, 1.165) is 9.47 Å². The molecule has 1 amide bonds. The van der Waals surface area contributed by atoms with Crippen molar-refractivity contribution in [2.24, 2.45) is 14.1 Å². The van der Waals surface area contributed by atoms with Crippen molar-refractivity contribution in [1.82, 2.24) is 23.8 Å². The fraction of sp³-hybridized carbons (Fsp3) is 0.367. The number of hydrogen-bond donors (Lipinski definition) is 2. The predicted molar refractivity (Wildman–Crippen MR) is 156 cm³/mol. The molecule has 2 atom stereocenters. The SMILES string of the molecule is Cc1c(-c2ccc(C[C@H](NC(=O)c3c(F)cc(N4CCCC[C@H]4C(F)(F)F)cc3F)C(=O)O)n3ccnc23)c(=O)n(C)c(=O)n1C. The van der Waals surface area contributed by atoms with Gasteiger partial charge in [0.25, 0.3) is 11.5 Å². The number of hydrogen-bond acceptors (Lipinski definition) is 6. The van der Waals surface area contributed by atoms with E-state index in [1.54, 1.807) is 6.92 Å². The lowest BCUT2D eigenvalue weighted by Gasteiger charge is -2.38. The number of piperidine rings is 1. The van der Waals surface area contributed by atoms with Crippen molar-refractivity contribution in [2.45, 2.75) is 50.9 Å². The molecule has 1 aliphatic rings. The summed E-state index contributed by atoms with van der Waals surface area (Å²) >= 11 is 0. The van der Waals surface area contributed by atoms with Crippen LogP contribution in [-0.2, 0) is 25.3 Å². The van der Waals surface area contributed by atoms with Crippen molar-refractivity contribution >= 4 is 23.2 Å². The van der Waals surface area contributed by atoms with Crippen molar-refractivity contribution in [3.63, 3.8) is 0 Å². The first-order valence-corrected chi connectivity index (χ1v) is 14.2. The molecule has 1 aromatic carbocycles. The van der Waals surface area contributed by atoms with Crippen LogP contribution < -0.4 is 21.5 Å². The van der Waals surface area contributed by atoms with Gasteiger partial charge in [-0.3, -0.25) is 14.2 Å². The Kier molecular flexibility index (Phi) is 8.49. The first kappa shape index (κ1) is 32.4. The summed E-state index contributed by atoms with van der Waals surface area (Å²) in [6.45, 7) is 1.50. The van der Waals surface area contributed by atoms with Gasteiger partial charge in [-0.2, -0.15) is 13.2 Å². The number of alkyl halides is 3. The second kappa shape index (κ2) is 12.1. The van der Waals surface area contributed by atoms with E-state index < -0.39 is 58.6 Å². The third-order valence-corrected chi connectivity index (χ3v) is 8.34. The molecular weight excluding hydrogens is 619 g/mol. The highest BCUT2D eigenvalue weighted by Gasteiger charge is 2.45. The van der Waals surface area contributed by atoms with Gasteiger partial charge in [-0.15, -0.1) is 0 Å². The van der Waals surface area contributed by atoms with Crippen molar-refractivity contribution in [3.05, 3.63) is 86.1 Å². The van der Waals surface area contributed by atoms with E-state index in [2.05, 4.69) is 10.3 Å². The third kappa shape index (κ3) is 5.74. The number of pyridine rings is 1. The van der Waals surface area contributed by atoms with Crippen molar-refractivity contribution < 1.29 is 36.6 Å². The number of amides is 1. The molecule has 1 aliphatic heterocycles. The second-order valence-corrected chi connectivity index (χ2v) is 11.1. The first-order chi connectivity index (χ1) is 21.6. The Morgan fingerprint density at radius 1 is 1.09 bits per heavy atom. The number of carboxylic acids is 1. The fourth-order valence-corrected chi connectivity index (χ4v) is 5.85. The van der Waals surface area contributed by atoms with Crippen molar-refractivity contribution in [3.8, 4) is 11.1 Å². The Bertz CT molecular complexity index is 1960. The zero-order chi connectivity index (χ0) is 33.7. The first-order valence-electron chi connectivity index (χ1n) is 14.2. The molecule has 244 valence electrons. The Balaban J connectivity index is 1.44. The molecule has 2 N–H and O–H groups in total. The minimum atomic E-state index is -4.63. The number of aliphatic carboxylic acids is 1. The number of rotatable bonds is 7. The highest BCUT2D eigenvalue weighted by atomic mass is 19.4. The Labute approximate surface area is 257 Å². The summed E-state index contributed by atoms with van der Waals surface area (Å²) in [5.41, 5.74) is -1.17. The van der Waals surface area contributed by atoms with E-state index in [-0.39, 0.29) is 36.3 Å². The molecule has 0 aliphatic carbocycles. The standard InChI is InChI=1S/C30H29F5N6O5/c1-15-23(27(43)39(3)29(46)38(15)2)18-8-7-16(41-11-9-36-25(18)41)14-21(28(44)45)37-26(42)24-19(31)12-17(13-20(24)32)40-10-5-4-6-22(40)30(33,34)35/h7-9,11-13,21-22H,4-6,10,14H2,1-3H3,(H,37,42)(H,44,45)/t21-,22-/m0/s1. The lowest BCUT2D eigenvalue weighted by molar-refractivity contribution is -0.152. The topological polar surface area (TPSA) is 131 Å². The summed E-state index contributed by atoms with van der Waals surface area (Å²) in [7, 11) is 2.83. The molecule has 0 saturated carbocycles. The smallest absolute Gasteiger partial charge is 0.408 e. The van der Waals surface area contributed by atoms with Crippen molar-refractivity contribution in [2.75, 3.05) is 11.4 Å². The number of carbonyl (C=O) groups is 2. The number of carboxylic acid groups (broad SMARTS) is 1. The van der Waals surface area contributed by atoms with E-state index in [4.69, 9.17) is 0 Å². The van der Waals surface area contributed by atoms with E-state index in [1.807, 2.05) is 0 Å². The van der Waals surface area contributed by atoms with Crippen LogP contribution in [0.1, 0.15) is 41.0 Å². The maximum Gasteiger partial charge on any atom is 0.408 e. The molecule has 0 unspecified atom stereocenters.